The molecule has 106 valence electrons. The van der Waals surface area contributed by atoms with Crippen LogP contribution in [-0.2, 0) is 23.7 Å². The summed E-state index contributed by atoms with van der Waals surface area (Å²) < 4.78 is 24.0. The highest BCUT2D eigenvalue weighted by Crippen LogP contribution is 2.47. The van der Waals surface area contributed by atoms with Crippen LogP contribution in [0.15, 0.2) is 9.66 Å². The van der Waals surface area contributed by atoms with E-state index in [4.69, 9.17) is 18.9 Å². The molecule has 19 heavy (non-hydrogen) atoms. The zero-order chi connectivity index (χ0) is 14.1. The molecule has 2 aliphatic heterocycles. The summed E-state index contributed by atoms with van der Waals surface area (Å²) in [5, 5.41) is 0. The molecule has 0 aromatic carbocycles. The largest absolute Gasteiger partial charge is 0.347 e. The maximum Gasteiger partial charge on any atom is 0.200 e. The van der Waals surface area contributed by atoms with Crippen molar-refractivity contribution in [1.29, 1.82) is 0 Å². The summed E-state index contributed by atoms with van der Waals surface area (Å²) in [5.74, 6) is -1.52. The number of carbonyl (C=O) groups is 1. The highest BCUT2D eigenvalue weighted by Gasteiger charge is 2.62. The second kappa shape index (κ2) is 4.00. The standard InChI is InChI=1S/C13H17IO5/c1-11(2)16-6-13(19-11)5-7(14)8(15)9-10(13)18-12(3,4)17-9/h5,9-10H,6H2,1-4H3/t9-,10-,13+/m0/s1. The Balaban J connectivity index is 2.03. The van der Waals surface area contributed by atoms with E-state index in [0.29, 0.717) is 10.2 Å². The molecule has 2 saturated heterocycles. The molecule has 0 saturated carbocycles. The van der Waals surface area contributed by atoms with Gasteiger partial charge in [0.2, 0.25) is 0 Å². The van der Waals surface area contributed by atoms with Crippen LogP contribution in [-0.4, -0.2) is 41.8 Å². The number of hydrogen-bond acceptors (Lipinski definition) is 5. The molecule has 5 nitrogen and oxygen atoms in total. The van der Waals surface area contributed by atoms with Gasteiger partial charge in [-0.05, 0) is 56.4 Å². The summed E-state index contributed by atoms with van der Waals surface area (Å²) in [6.45, 7) is 7.68. The molecule has 0 aromatic heterocycles. The van der Waals surface area contributed by atoms with Crippen molar-refractivity contribution in [3.63, 3.8) is 0 Å². The Morgan fingerprint density at radius 1 is 1.21 bits per heavy atom. The predicted octanol–water partition coefficient (Wildman–Crippen LogP) is 1.93. The Labute approximate surface area is 125 Å². The number of ketones is 1. The molecule has 3 aliphatic rings. The first-order chi connectivity index (χ1) is 8.64. The van der Waals surface area contributed by atoms with Crippen LogP contribution in [0.3, 0.4) is 0 Å². The topological polar surface area (TPSA) is 54.0 Å². The van der Waals surface area contributed by atoms with Crippen LogP contribution in [0.4, 0.5) is 0 Å². The van der Waals surface area contributed by atoms with Gasteiger partial charge in [-0.25, -0.2) is 0 Å². The zero-order valence-electron chi connectivity index (χ0n) is 11.4. The summed E-state index contributed by atoms with van der Waals surface area (Å²) in [6, 6.07) is 0. The van der Waals surface area contributed by atoms with E-state index in [2.05, 4.69) is 0 Å². The monoisotopic (exact) mass is 380 g/mol. The van der Waals surface area contributed by atoms with Crippen LogP contribution in [0.25, 0.3) is 0 Å². The van der Waals surface area contributed by atoms with Crippen molar-refractivity contribution in [2.75, 3.05) is 6.61 Å². The molecule has 3 atom stereocenters. The van der Waals surface area contributed by atoms with Gasteiger partial charge in [0, 0.05) is 0 Å². The SMILES string of the molecule is CC1(C)O[C@H]2C(=O)C(I)=C[C@@]3(COC(C)(C)O3)[C@H]2O1. The summed E-state index contributed by atoms with van der Waals surface area (Å²) >= 11 is 2.02. The molecule has 2 heterocycles. The average molecular weight is 380 g/mol. The maximum absolute atomic E-state index is 12.2. The van der Waals surface area contributed by atoms with Gasteiger partial charge < -0.3 is 18.9 Å². The number of carbonyl (C=O) groups excluding carboxylic acids is 1. The van der Waals surface area contributed by atoms with E-state index in [-0.39, 0.29) is 5.78 Å². The fourth-order valence-electron chi connectivity index (χ4n) is 2.83. The second-order valence-electron chi connectivity index (χ2n) is 6.08. The summed E-state index contributed by atoms with van der Waals surface area (Å²) in [5.41, 5.74) is -0.744. The van der Waals surface area contributed by atoms with E-state index in [1.54, 1.807) is 13.8 Å². The van der Waals surface area contributed by atoms with Crippen LogP contribution in [0.5, 0.6) is 0 Å². The Hall–Kier alpha value is -0.0200. The first-order valence-corrected chi connectivity index (χ1v) is 7.34. The number of ether oxygens (including phenoxy) is 4. The van der Waals surface area contributed by atoms with Crippen molar-refractivity contribution in [3.8, 4) is 0 Å². The van der Waals surface area contributed by atoms with Gasteiger partial charge in [0.15, 0.2) is 23.5 Å². The third kappa shape index (κ3) is 2.17. The molecule has 0 aromatic rings. The maximum atomic E-state index is 12.2. The lowest BCUT2D eigenvalue weighted by atomic mass is 9.86. The molecule has 2 fully saturated rings. The van der Waals surface area contributed by atoms with Crippen LogP contribution in [0.1, 0.15) is 27.7 Å². The van der Waals surface area contributed by atoms with Crippen LogP contribution >= 0.6 is 22.6 Å². The van der Waals surface area contributed by atoms with Crippen molar-refractivity contribution in [1.82, 2.24) is 0 Å². The van der Waals surface area contributed by atoms with Gasteiger partial charge in [0.1, 0.15) is 11.7 Å². The smallest absolute Gasteiger partial charge is 0.200 e. The van der Waals surface area contributed by atoms with Gasteiger partial charge in [-0.15, -0.1) is 0 Å². The number of rotatable bonds is 0. The predicted molar refractivity (Wildman–Crippen MR) is 74.8 cm³/mol. The van der Waals surface area contributed by atoms with Gasteiger partial charge >= 0.3 is 0 Å². The fraction of sp³-hybridized carbons (Fsp3) is 0.769. The first kappa shape index (κ1) is 13.9. The molecule has 1 spiro atoms. The second-order valence-corrected chi connectivity index (χ2v) is 7.24. The lowest BCUT2D eigenvalue weighted by Crippen LogP contribution is -2.54. The first-order valence-electron chi connectivity index (χ1n) is 6.27. The molecule has 0 N–H and O–H groups in total. The molecule has 0 amide bonds. The normalized spacial score (nSPS) is 43.4. The third-order valence-corrected chi connectivity index (χ3v) is 4.37. The minimum atomic E-state index is -0.789. The van der Waals surface area contributed by atoms with E-state index in [1.807, 2.05) is 42.5 Å². The van der Waals surface area contributed by atoms with Crippen LogP contribution in [0, 0.1) is 0 Å². The fourth-order valence-corrected chi connectivity index (χ4v) is 3.66. The molecule has 6 heteroatoms. The van der Waals surface area contributed by atoms with Gasteiger partial charge in [-0.2, -0.15) is 0 Å². The molecule has 3 rings (SSSR count). The van der Waals surface area contributed by atoms with Crippen molar-refractivity contribution >= 4 is 28.4 Å². The number of fused-ring (bicyclic) bond motifs is 2. The van der Waals surface area contributed by atoms with E-state index < -0.39 is 29.4 Å². The lowest BCUT2D eigenvalue weighted by molar-refractivity contribution is -0.192. The lowest BCUT2D eigenvalue weighted by Gasteiger charge is -2.36. The number of halogens is 1. The number of hydrogen-bond donors (Lipinski definition) is 0. The Morgan fingerprint density at radius 3 is 2.47 bits per heavy atom. The minimum absolute atomic E-state index is 0.0462. The third-order valence-electron chi connectivity index (χ3n) is 3.52. The Bertz CT molecular complexity index is 470. The molecular weight excluding hydrogens is 363 g/mol. The van der Waals surface area contributed by atoms with Crippen LogP contribution in [0.2, 0.25) is 0 Å². The quantitative estimate of drug-likeness (QED) is 0.602. The van der Waals surface area contributed by atoms with Gasteiger partial charge in [-0.1, -0.05) is 0 Å². The van der Waals surface area contributed by atoms with Gasteiger partial charge in [-0.3, -0.25) is 4.79 Å². The van der Waals surface area contributed by atoms with Crippen molar-refractivity contribution in [2.24, 2.45) is 0 Å². The van der Waals surface area contributed by atoms with Crippen molar-refractivity contribution in [3.05, 3.63) is 9.66 Å². The minimum Gasteiger partial charge on any atom is -0.347 e. The summed E-state index contributed by atoms with van der Waals surface area (Å²) in [6.07, 6.45) is 0.732. The van der Waals surface area contributed by atoms with Gasteiger partial charge in [0.05, 0.1) is 10.2 Å². The molecule has 0 unspecified atom stereocenters. The summed E-state index contributed by atoms with van der Waals surface area (Å²) in [4.78, 5) is 12.2. The molecular formula is C13H17IO5. The average Bonchev–Trinajstić information content (AvgIpc) is 2.74. The highest BCUT2D eigenvalue weighted by atomic mass is 127. The van der Waals surface area contributed by atoms with Crippen molar-refractivity contribution < 1.29 is 23.7 Å². The molecule has 1 aliphatic carbocycles. The van der Waals surface area contributed by atoms with Crippen LogP contribution < -0.4 is 0 Å². The zero-order valence-corrected chi connectivity index (χ0v) is 13.5. The van der Waals surface area contributed by atoms with Gasteiger partial charge in [0.25, 0.3) is 0 Å². The van der Waals surface area contributed by atoms with E-state index in [9.17, 15) is 4.79 Å². The molecule has 0 radical (unpaired) electrons. The summed E-state index contributed by atoms with van der Waals surface area (Å²) in [7, 11) is 0. The number of Topliss-reactive ketones (excluding diaryl/α,β-unsaturated/α-hetero) is 1. The van der Waals surface area contributed by atoms with E-state index >= 15 is 0 Å². The highest BCUT2D eigenvalue weighted by molar-refractivity contribution is 14.1. The Kier molecular flexibility index (Phi) is 2.94. The Morgan fingerprint density at radius 2 is 1.89 bits per heavy atom. The van der Waals surface area contributed by atoms with E-state index in [1.165, 1.54) is 0 Å². The van der Waals surface area contributed by atoms with E-state index in [0.717, 1.165) is 0 Å². The van der Waals surface area contributed by atoms with Crippen molar-refractivity contribution in [2.45, 2.75) is 57.1 Å². The molecule has 0 bridgehead atoms.